The van der Waals surface area contributed by atoms with E-state index in [4.69, 9.17) is 0 Å². The molecule has 5 nitrogen and oxygen atoms in total. The van der Waals surface area contributed by atoms with E-state index in [9.17, 15) is 14.4 Å². The first kappa shape index (κ1) is 17.3. The van der Waals surface area contributed by atoms with Gasteiger partial charge in [-0.25, -0.2) is 0 Å². The molecule has 0 aromatic heterocycles. The third kappa shape index (κ3) is 4.96. The van der Waals surface area contributed by atoms with E-state index in [-0.39, 0.29) is 10.8 Å². The number of para-hydroxylation sites is 1. The van der Waals surface area contributed by atoms with Gasteiger partial charge in [0.25, 0.3) is 5.43 Å². The van der Waals surface area contributed by atoms with E-state index in [1.165, 1.54) is 0 Å². The SMILES string of the molecule is O=C(CCCCCCNc1c(S)c(=O)c1=O)Nc1ccccc1. The second kappa shape index (κ2) is 8.53. The number of hydrogen-bond donors (Lipinski definition) is 3. The fourth-order valence-electron chi connectivity index (χ4n) is 2.27. The molecule has 0 spiro atoms. The van der Waals surface area contributed by atoms with Crippen LogP contribution in [0.25, 0.3) is 0 Å². The van der Waals surface area contributed by atoms with Crippen LogP contribution in [0.1, 0.15) is 32.1 Å². The predicted molar refractivity (Wildman–Crippen MR) is 95.3 cm³/mol. The Morgan fingerprint density at radius 3 is 2.35 bits per heavy atom. The summed E-state index contributed by atoms with van der Waals surface area (Å²) in [6.07, 6.45) is 4.12. The molecular weight excluding hydrogens is 312 g/mol. The molecule has 0 unspecified atom stereocenters. The Kier molecular flexibility index (Phi) is 6.40. The van der Waals surface area contributed by atoms with Gasteiger partial charge in [-0.05, 0) is 25.0 Å². The van der Waals surface area contributed by atoms with Gasteiger partial charge in [0.05, 0.1) is 4.90 Å². The molecule has 0 radical (unpaired) electrons. The smallest absolute Gasteiger partial charge is 0.251 e. The zero-order valence-corrected chi connectivity index (χ0v) is 13.7. The Labute approximate surface area is 140 Å². The summed E-state index contributed by atoms with van der Waals surface area (Å²) in [6, 6.07) is 9.40. The number of carbonyl (C=O) groups excluding carboxylic acids is 1. The molecule has 2 aromatic rings. The predicted octanol–water partition coefficient (Wildman–Crippen LogP) is 2.57. The molecule has 0 bridgehead atoms. The van der Waals surface area contributed by atoms with Gasteiger partial charge < -0.3 is 10.6 Å². The second-order valence-corrected chi connectivity index (χ2v) is 5.83. The number of carbonyl (C=O) groups is 1. The van der Waals surface area contributed by atoms with Crippen LogP contribution < -0.4 is 21.5 Å². The van der Waals surface area contributed by atoms with Crippen LogP contribution in [0.3, 0.4) is 0 Å². The van der Waals surface area contributed by atoms with Gasteiger partial charge >= 0.3 is 0 Å². The minimum absolute atomic E-state index is 0.0257. The van der Waals surface area contributed by atoms with Crippen molar-refractivity contribution in [1.82, 2.24) is 0 Å². The number of hydrogen-bond acceptors (Lipinski definition) is 5. The van der Waals surface area contributed by atoms with Crippen molar-refractivity contribution in [3.05, 3.63) is 50.8 Å². The zero-order valence-electron chi connectivity index (χ0n) is 12.8. The minimum atomic E-state index is -0.514. The molecule has 0 atom stereocenters. The van der Waals surface area contributed by atoms with Crippen LogP contribution in [0.2, 0.25) is 0 Å². The van der Waals surface area contributed by atoms with Crippen LogP contribution in [0, 0.1) is 0 Å². The third-order valence-electron chi connectivity index (χ3n) is 3.58. The molecule has 6 heteroatoms. The Balaban J connectivity index is 1.52. The summed E-state index contributed by atoms with van der Waals surface area (Å²) in [7, 11) is 0. The Bertz CT molecular complexity index is 721. The summed E-state index contributed by atoms with van der Waals surface area (Å²) in [4.78, 5) is 34.1. The highest BCUT2D eigenvalue weighted by atomic mass is 32.1. The molecule has 0 fully saturated rings. The van der Waals surface area contributed by atoms with Gasteiger partial charge in [-0.15, -0.1) is 12.6 Å². The Morgan fingerprint density at radius 1 is 0.957 bits per heavy atom. The first-order chi connectivity index (χ1) is 11.1. The summed E-state index contributed by atoms with van der Waals surface area (Å²) in [5.41, 5.74) is 0.158. The van der Waals surface area contributed by atoms with Crippen LogP contribution in [-0.4, -0.2) is 12.5 Å². The number of unbranched alkanes of at least 4 members (excludes halogenated alkanes) is 3. The number of benzene rings is 1. The number of thiol groups is 1. The lowest BCUT2D eigenvalue weighted by atomic mass is 10.1. The lowest BCUT2D eigenvalue weighted by Crippen LogP contribution is -2.35. The van der Waals surface area contributed by atoms with Crippen molar-refractivity contribution in [1.29, 1.82) is 0 Å². The van der Waals surface area contributed by atoms with E-state index < -0.39 is 10.9 Å². The van der Waals surface area contributed by atoms with E-state index in [1.54, 1.807) is 0 Å². The Hall–Kier alpha value is -2.08. The fraction of sp³-hybridized carbons (Fsp3) is 0.353. The van der Waals surface area contributed by atoms with Gasteiger partial charge in [0.2, 0.25) is 11.3 Å². The van der Waals surface area contributed by atoms with Gasteiger partial charge in [-0.2, -0.15) is 0 Å². The highest BCUT2D eigenvalue weighted by Crippen LogP contribution is 2.12. The molecule has 2 N–H and O–H groups in total. The number of amides is 1. The molecule has 0 aliphatic heterocycles. The van der Waals surface area contributed by atoms with Gasteiger partial charge in [-0.3, -0.25) is 14.4 Å². The molecule has 0 heterocycles. The monoisotopic (exact) mass is 332 g/mol. The van der Waals surface area contributed by atoms with Crippen LogP contribution in [0.5, 0.6) is 0 Å². The average Bonchev–Trinajstić information content (AvgIpc) is 2.57. The molecule has 0 aliphatic carbocycles. The van der Waals surface area contributed by atoms with Crippen molar-refractivity contribution in [2.75, 3.05) is 17.2 Å². The number of nitrogens with one attached hydrogen (secondary N) is 2. The minimum Gasteiger partial charge on any atom is -0.381 e. The van der Waals surface area contributed by atoms with E-state index >= 15 is 0 Å². The molecule has 1 amide bonds. The highest BCUT2D eigenvalue weighted by molar-refractivity contribution is 7.80. The molecule has 23 heavy (non-hydrogen) atoms. The van der Waals surface area contributed by atoms with Gasteiger partial charge in [0.1, 0.15) is 5.69 Å². The van der Waals surface area contributed by atoms with E-state index in [0.29, 0.717) is 18.7 Å². The number of rotatable bonds is 9. The molecule has 122 valence electrons. The molecular formula is C17H20N2O3S. The maximum Gasteiger partial charge on any atom is 0.251 e. The van der Waals surface area contributed by atoms with E-state index in [2.05, 4.69) is 23.3 Å². The molecule has 0 saturated heterocycles. The fourth-order valence-corrected chi connectivity index (χ4v) is 2.55. The topological polar surface area (TPSA) is 75.3 Å². The zero-order chi connectivity index (χ0) is 16.7. The van der Waals surface area contributed by atoms with Gasteiger partial charge in [0.15, 0.2) is 0 Å². The summed E-state index contributed by atoms with van der Waals surface area (Å²) in [5, 5.41) is 5.79. The Morgan fingerprint density at radius 2 is 1.65 bits per heavy atom. The largest absolute Gasteiger partial charge is 0.381 e. The lowest BCUT2D eigenvalue weighted by molar-refractivity contribution is -0.116. The highest BCUT2D eigenvalue weighted by Gasteiger charge is 2.16. The van der Waals surface area contributed by atoms with Crippen LogP contribution >= 0.6 is 12.6 Å². The molecule has 0 aliphatic rings. The van der Waals surface area contributed by atoms with Gasteiger partial charge in [-0.1, -0.05) is 31.0 Å². The van der Waals surface area contributed by atoms with Crippen molar-refractivity contribution < 1.29 is 4.79 Å². The second-order valence-electron chi connectivity index (χ2n) is 5.39. The van der Waals surface area contributed by atoms with Crippen molar-refractivity contribution >= 4 is 29.9 Å². The summed E-state index contributed by atoms with van der Waals surface area (Å²) < 4.78 is 0. The van der Waals surface area contributed by atoms with Crippen LogP contribution in [-0.2, 0) is 4.79 Å². The van der Waals surface area contributed by atoms with Crippen molar-refractivity contribution in [2.24, 2.45) is 0 Å². The first-order valence-electron chi connectivity index (χ1n) is 7.70. The molecule has 2 aromatic carbocycles. The summed E-state index contributed by atoms with van der Waals surface area (Å²) >= 11 is 3.96. The maximum absolute atomic E-state index is 11.7. The standard InChI is InChI=1S/C17H20N2O3S/c20-13(19-12-8-4-3-5-9-12)10-6-1-2-7-11-18-14-15(21)16(22)17(14)23/h3-5,8-9,18,23H,1-2,6-7,10-11H2,(H,19,20). The summed E-state index contributed by atoms with van der Waals surface area (Å²) in [5.74, 6) is 0.0257. The maximum atomic E-state index is 11.7. The van der Waals surface area contributed by atoms with E-state index in [0.717, 1.165) is 31.4 Å². The van der Waals surface area contributed by atoms with Crippen molar-refractivity contribution in [2.45, 2.75) is 37.0 Å². The number of anilines is 2. The first-order valence-corrected chi connectivity index (χ1v) is 8.15. The van der Waals surface area contributed by atoms with Crippen LogP contribution in [0.4, 0.5) is 11.4 Å². The molecule has 2 rings (SSSR count). The third-order valence-corrected chi connectivity index (χ3v) is 4.00. The van der Waals surface area contributed by atoms with Gasteiger partial charge in [0, 0.05) is 18.7 Å². The van der Waals surface area contributed by atoms with Crippen molar-refractivity contribution in [3.8, 4) is 0 Å². The van der Waals surface area contributed by atoms with Crippen LogP contribution in [0.15, 0.2) is 44.8 Å². The average molecular weight is 332 g/mol. The quantitative estimate of drug-likeness (QED) is 0.375. The molecule has 0 saturated carbocycles. The van der Waals surface area contributed by atoms with E-state index in [1.807, 2.05) is 30.3 Å². The summed E-state index contributed by atoms with van der Waals surface area (Å²) in [6.45, 7) is 0.634. The van der Waals surface area contributed by atoms with Crippen molar-refractivity contribution in [3.63, 3.8) is 0 Å². The normalized spacial score (nSPS) is 10.7. The lowest BCUT2D eigenvalue weighted by Gasteiger charge is -2.09.